The third-order valence-electron chi connectivity index (χ3n) is 2.99. The van der Waals surface area contributed by atoms with Crippen molar-refractivity contribution in [1.82, 2.24) is 15.1 Å². The molecule has 6 heteroatoms. The van der Waals surface area contributed by atoms with Crippen molar-refractivity contribution in [3.8, 4) is 29.0 Å². The number of rotatable bonds is 2. The van der Waals surface area contributed by atoms with Crippen LogP contribution in [0.2, 0.25) is 0 Å². The monoisotopic (exact) mass is 287 g/mol. The molecule has 0 radical (unpaired) electrons. The zero-order chi connectivity index (χ0) is 15.5. The zero-order valence-corrected chi connectivity index (χ0v) is 11.6. The fraction of sp³-hybridized carbons (Fsp3) is 0.0625. The summed E-state index contributed by atoms with van der Waals surface area (Å²) >= 11 is 0. The van der Waals surface area contributed by atoms with Crippen molar-refractivity contribution >= 4 is 5.69 Å². The third kappa shape index (κ3) is 2.54. The highest BCUT2D eigenvalue weighted by Gasteiger charge is 2.12. The van der Waals surface area contributed by atoms with Crippen LogP contribution in [0.25, 0.3) is 27.8 Å². The molecule has 0 saturated heterocycles. The maximum atomic E-state index is 9.02. The maximum Gasteiger partial charge on any atom is 0.258 e. The minimum absolute atomic E-state index is 0.325. The Morgan fingerprint density at radius 2 is 2.14 bits per heavy atom. The SMILES string of the molecule is [C-]#[N+]c1ccc(-c2noc(-c3cc(C)cc(C#N)c3)n2)nc1. The number of pyridine rings is 1. The van der Waals surface area contributed by atoms with Crippen LogP contribution in [0.4, 0.5) is 5.69 Å². The first kappa shape index (κ1) is 13.5. The van der Waals surface area contributed by atoms with Gasteiger partial charge in [0.15, 0.2) is 0 Å². The van der Waals surface area contributed by atoms with Crippen LogP contribution in [0.5, 0.6) is 0 Å². The van der Waals surface area contributed by atoms with E-state index in [0.29, 0.717) is 34.2 Å². The van der Waals surface area contributed by atoms with Gasteiger partial charge in [-0.25, -0.2) is 4.85 Å². The Kier molecular flexibility index (Phi) is 3.35. The van der Waals surface area contributed by atoms with Crippen molar-refractivity contribution in [3.05, 3.63) is 59.1 Å². The lowest BCUT2D eigenvalue weighted by molar-refractivity contribution is 0.432. The molecule has 0 unspecified atom stereocenters. The number of nitriles is 1. The molecule has 0 saturated carbocycles. The molecule has 0 amide bonds. The molecule has 3 rings (SSSR count). The lowest BCUT2D eigenvalue weighted by atomic mass is 10.1. The molecule has 0 N–H and O–H groups in total. The third-order valence-corrected chi connectivity index (χ3v) is 2.99. The number of hydrogen-bond donors (Lipinski definition) is 0. The van der Waals surface area contributed by atoms with Crippen LogP contribution in [0.15, 0.2) is 41.1 Å². The molecule has 0 fully saturated rings. The van der Waals surface area contributed by atoms with E-state index in [1.165, 1.54) is 6.20 Å². The zero-order valence-electron chi connectivity index (χ0n) is 11.6. The van der Waals surface area contributed by atoms with Gasteiger partial charge in [-0.1, -0.05) is 11.2 Å². The van der Waals surface area contributed by atoms with Crippen LogP contribution in [0.3, 0.4) is 0 Å². The van der Waals surface area contributed by atoms with E-state index in [1.807, 2.05) is 13.0 Å². The fourth-order valence-corrected chi connectivity index (χ4v) is 2.00. The molecule has 0 atom stereocenters. The highest BCUT2D eigenvalue weighted by Crippen LogP contribution is 2.24. The average Bonchev–Trinajstić information content (AvgIpc) is 3.04. The Labute approximate surface area is 126 Å². The van der Waals surface area contributed by atoms with Gasteiger partial charge in [-0.05, 0) is 36.8 Å². The van der Waals surface area contributed by atoms with Gasteiger partial charge in [-0.2, -0.15) is 10.2 Å². The van der Waals surface area contributed by atoms with Gasteiger partial charge in [0, 0.05) is 11.8 Å². The van der Waals surface area contributed by atoms with Crippen LogP contribution in [0.1, 0.15) is 11.1 Å². The summed E-state index contributed by atoms with van der Waals surface area (Å²) in [6.45, 7) is 8.80. The molecule has 3 aromatic rings. The molecule has 0 aliphatic heterocycles. The second kappa shape index (κ2) is 5.47. The largest absolute Gasteiger partial charge is 0.334 e. The lowest BCUT2D eigenvalue weighted by Crippen LogP contribution is -1.86. The first-order valence-corrected chi connectivity index (χ1v) is 6.39. The van der Waals surface area contributed by atoms with E-state index in [4.69, 9.17) is 16.4 Å². The Morgan fingerprint density at radius 3 is 2.82 bits per heavy atom. The Bertz CT molecular complexity index is 913. The van der Waals surface area contributed by atoms with Crippen molar-refractivity contribution in [3.63, 3.8) is 0 Å². The summed E-state index contributed by atoms with van der Waals surface area (Å²) in [5.74, 6) is 0.665. The van der Waals surface area contributed by atoms with Gasteiger partial charge in [-0.3, -0.25) is 4.98 Å². The summed E-state index contributed by atoms with van der Waals surface area (Å²) in [5, 5.41) is 12.9. The second-order valence-electron chi connectivity index (χ2n) is 4.64. The molecule has 2 heterocycles. The minimum Gasteiger partial charge on any atom is -0.334 e. The first-order chi connectivity index (χ1) is 10.7. The van der Waals surface area contributed by atoms with E-state index in [0.717, 1.165) is 5.56 Å². The highest BCUT2D eigenvalue weighted by molar-refractivity contribution is 5.61. The van der Waals surface area contributed by atoms with Crippen molar-refractivity contribution in [2.24, 2.45) is 0 Å². The normalized spacial score (nSPS) is 9.95. The molecular formula is C16H9N5O. The fourth-order valence-electron chi connectivity index (χ4n) is 2.00. The van der Waals surface area contributed by atoms with Crippen LogP contribution in [0, 0.1) is 24.8 Å². The van der Waals surface area contributed by atoms with Crippen LogP contribution in [-0.4, -0.2) is 15.1 Å². The first-order valence-electron chi connectivity index (χ1n) is 6.39. The molecule has 22 heavy (non-hydrogen) atoms. The summed E-state index contributed by atoms with van der Waals surface area (Å²) in [5.41, 5.74) is 3.14. The van der Waals surface area contributed by atoms with E-state index < -0.39 is 0 Å². The van der Waals surface area contributed by atoms with Gasteiger partial charge in [0.05, 0.1) is 18.2 Å². The molecule has 0 aliphatic carbocycles. The number of aryl methyl sites for hydroxylation is 1. The van der Waals surface area contributed by atoms with Crippen molar-refractivity contribution in [2.45, 2.75) is 6.92 Å². The number of nitrogens with zero attached hydrogens (tertiary/aromatic N) is 5. The summed E-state index contributed by atoms with van der Waals surface area (Å²) in [4.78, 5) is 11.7. The van der Waals surface area contributed by atoms with E-state index in [2.05, 4.69) is 26.0 Å². The van der Waals surface area contributed by atoms with Gasteiger partial charge in [0.25, 0.3) is 5.89 Å². The van der Waals surface area contributed by atoms with E-state index >= 15 is 0 Å². The number of aromatic nitrogens is 3. The highest BCUT2D eigenvalue weighted by atomic mass is 16.5. The van der Waals surface area contributed by atoms with E-state index in [1.54, 1.807) is 24.3 Å². The van der Waals surface area contributed by atoms with Gasteiger partial charge >= 0.3 is 0 Å². The Hall–Kier alpha value is -3.51. The molecular weight excluding hydrogens is 278 g/mol. The predicted octanol–water partition coefficient (Wildman–Crippen LogP) is 3.53. The molecule has 0 spiro atoms. The van der Waals surface area contributed by atoms with Crippen molar-refractivity contribution in [2.75, 3.05) is 0 Å². The van der Waals surface area contributed by atoms with Gasteiger partial charge in [-0.15, -0.1) is 0 Å². The summed E-state index contributed by atoms with van der Waals surface area (Å²) in [6, 6.07) is 10.8. The maximum absolute atomic E-state index is 9.02. The summed E-state index contributed by atoms with van der Waals surface area (Å²) in [7, 11) is 0. The predicted molar refractivity (Wildman–Crippen MR) is 78.7 cm³/mol. The number of benzene rings is 1. The molecule has 2 aromatic heterocycles. The quantitative estimate of drug-likeness (QED) is 0.673. The van der Waals surface area contributed by atoms with Gasteiger partial charge < -0.3 is 4.52 Å². The van der Waals surface area contributed by atoms with Crippen molar-refractivity contribution < 1.29 is 4.52 Å². The molecule has 0 bridgehead atoms. The molecule has 0 aliphatic rings. The van der Waals surface area contributed by atoms with Gasteiger partial charge in [0.1, 0.15) is 5.69 Å². The topological polar surface area (TPSA) is 80.0 Å². The van der Waals surface area contributed by atoms with Crippen LogP contribution >= 0.6 is 0 Å². The molecule has 1 aromatic carbocycles. The Balaban J connectivity index is 1.98. The summed E-state index contributed by atoms with van der Waals surface area (Å²) in [6.07, 6.45) is 1.46. The molecule has 6 nitrogen and oxygen atoms in total. The number of hydrogen-bond acceptors (Lipinski definition) is 5. The van der Waals surface area contributed by atoms with E-state index in [-0.39, 0.29) is 0 Å². The van der Waals surface area contributed by atoms with Crippen LogP contribution in [-0.2, 0) is 0 Å². The second-order valence-corrected chi connectivity index (χ2v) is 4.64. The smallest absolute Gasteiger partial charge is 0.258 e. The Morgan fingerprint density at radius 1 is 1.27 bits per heavy atom. The lowest BCUT2D eigenvalue weighted by Gasteiger charge is -1.98. The molecule has 104 valence electrons. The standard InChI is InChI=1S/C16H9N5O/c1-10-5-11(8-17)7-12(6-10)16-20-15(21-22-16)14-4-3-13(18-2)9-19-14/h3-7,9H,1H3. The average molecular weight is 287 g/mol. The minimum atomic E-state index is 0.325. The van der Waals surface area contributed by atoms with E-state index in [9.17, 15) is 0 Å². The van der Waals surface area contributed by atoms with Gasteiger partial charge in [0.2, 0.25) is 11.5 Å². The summed E-state index contributed by atoms with van der Waals surface area (Å²) < 4.78 is 5.25. The van der Waals surface area contributed by atoms with Crippen LogP contribution < -0.4 is 0 Å². The van der Waals surface area contributed by atoms with Crippen molar-refractivity contribution in [1.29, 1.82) is 5.26 Å².